The zero-order chi connectivity index (χ0) is 31.9. The van der Waals surface area contributed by atoms with Crippen LogP contribution in [0.5, 0.6) is 11.5 Å². The fraction of sp³-hybridized carbons (Fsp3) is 0. The summed E-state index contributed by atoms with van der Waals surface area (Å²) in [6, 6.07) is 66.7. The van der Waals surface area contributed by atoms with Crippen molar-refractivity contribution in [1.82, 2.24) is 0 Å². The summed E-state index contributed by atoms with van der Waals surface area (Å²) in [4.78, 5) is 2.32. The quantitative estimate of drug-likeness (QED) is 0.185. The van der Waals surface area contributed by atoms with Crippen molar-refractivity contribution in [2.24, 2.45) is 0 Å². The van der Waals surface area contributed by atoms with Crippen LogP contribution in [0.25, 0.3) is 55.3 Å². The predicted octanol–water partition coefficient (Wildman–Crippen LogP) is 13.1. The molecule has 0 atom stereocenters. The molecule has 0 radical (unpaired) electrons. The molecule has 0 aromatic heterocycles. The van der Waals surface area contributed by atoms with Crippen molar-refractivity contribution in [1.29, 1.82) is 0 Å². The average molecular weight is 614 g/mol. The molecule has 0 unspecified atom stereocenters. The van der Waals surface area contributed by atoms with Crippen LogP contribution in [0.4, 0.5) is 17.1 Å². The predicted molar refractivity (Wildman–Crippen MR) is 200 cm³/mol. The highest BCUT2D eigenvalue weighted by Crippen LogP contribution is 2.55. The monoisotopic (exact) mass is 613 g/mol. The maximum Gasteiger partial charge on any atom is 0.159 e. The molecule has 8 aromatic carbocycles. The standard InChI is InChI=1S/C46H31NO/c1-4-12-32(13-5-1)34-22-26-38(27-23-34)47(39-28-24-35(25-29-39)33-14-6-2-7-15-33)42-31-30-40(36-16-8-3-9-17-36)45-41-20-10-18-37-19-11-21-43(44(37)41)48-46(42)45/h1-31H. The zero-order valence-corrected chi connectivity index (χ0v) is 26.3. The van der Waals surface area contributed by atoms with E-state index >= 15 is 0 Å². The van der Waals surface area contributed by atoms with Gasteiger partial charge >= 0.3 is 0 Å². The Bertz CT molecular complexity index is 2290. The second-order valence-corrected chi connectivity index (χ2v) is 12.1. The van der Waals surface area contributed by atoms with Gasteiger partial charge in [0.15, 0.2) is 5.75 Å². The van der Waals surface area contributed by atoms with Crippen molar-refractivity contribution < 1.29 is 4.74 Å². The van der Waals surface area contributed by atoms with Crippen LogP contribution in [0.15, 0.2) is 188 Å². The summed E-state index contributed by atoms with van der Waals surface area (Å²) in [5, 5.41) is 2.32. The van der Waals surface area contributed by atoms with E-state index in [1.165, 1.54) is 33.2 Å². The van der Waals surface area contributed by atoms with Gasteiger partial charge in [0.1, 0.15) is 5.75 Å². The maximum atomic E-state index is 7.01. The molecule has 1 aliphatic rings. The Morgan fingerprint density at radius 2 is 0.854 bits per heavy atom. The van der Waals surface area contributed by atoms with E-state index in [0.29, 0.717) is 0 Å². The van der Waals surface area contributed by atoms with E-state index in [9.17, 15) is 0 Å². The molecular weight excluding hydrogens is 583 g/mol. The number of rotatable bonds is 6. The van der Waals surface area contributed by atoms with Crippen molar-refractivity contribution in [3.8, 4) is 56.0 Å². The number of nitrogens with zero attached hydrogens (tertiary/aromatic N) is 1. The van der Waals surface area contributed by atoms with Gasteiger partial charge in [0.2, 0.25) is 0 Å². The minimum absolute atomic E-state index is 0.849. The molecule has 0 amide bonds. The molecule has 9 rings (SSSR count). The fourth-order valence-electron chi connectivity index (χ4n) is 6.98. The second kappa shape index (κ2) is 11.8. The van der Waals surface area contributed by atoms with Crippen LogP contribution in [-0.4, -0.2) is 0 Å². The molecule has 8 aromatic rings. The third-order valence-corrected chi connectivity index (χ3v) is 9.28. The van der Waals surface area contributed by atoms with Gasteiger partial charge in [0, 0.05) is 22.3 Å². The van der Waals surface area contributed by atoms with E-state index in [1.807, 2.05) is 0 Å². The van der Waals surface area contributed by atoms with Gasteiger partial charge < -0.3 is 9.64 Å². The Balaban J connectivity index is 1.27. The number of ether oxygens (including phenoxy) is 1. The first-order valence-corrected chi connectivity index (χ1v) is 16.4. The van der Waals surface area contributed by atoms with E-state index in [4.69, 9.17) is 4.74 Å². The molecular formula is C46H31NO. The Morgan fingerprint density at radius 3 is 1.42 bits per heavy atom. The van der Waals surface area contributed by atoms with E-state index in [2.05, 4.69) is 193 Å². The van der Waals surface area contributed by atoms with E-state index in [1.54, 1.807) is 0 Å². The van der Waals surface area contributed by atoms with Gasteiger partial charge in [-0.05, 0) is 80.7 Å². The molecule has 2 heteroatoms. The lowest BCUT2D eigenvalue weighted by molar-refractivity contribution is 0.488. The molecule has 0 bridgehead atoms. The SMILES string of the molecule is c1ccc(-c2ccc(N(c3ccc(-c4ccccc4)cc3)c3ccc(-c4ccccc4)c4c3Oc3cccc5cccc-4c35)cc2)cc1. The lowest BCUT2D eigenvalue weighted by Crippen LogP contribution is -2.13. The highest BCUT2D eigenvalue weighted by molar-refractivity contribution is 6.09. The maximum absolute atomic E-state index is 7.01. The third kappa shape index (κ3) is 4.83. The molecule has 1 aliphatic heterocycles. The highest BCUT2D eigenvalue weighted by Gasteiger charge is 2.29. The minimum atomic E-state index is 0.849. The van der Waals surface area contributed by atoms with Crippen molar-refractivity contribution in [3.63, 3.8) is 0 Å². The second-order valence-electron chi connectivity index (χ2n) is 12.1. The molecule has 0 saturated carbocycles. The summed E-state index contributed by atoms with van der Waals surface area (Å²) >= 11 is 0. The summed E-state index contributed by atoms with van der Waals surface area (Å²) in [7, 11) is 0. The third-order valence-electron chi connectivity index (χ3n) is 9.28. The first kappa shape index (κ1) is 27.9. The Kier molecular flexibility index (Phi) is 6.84. The van der Waals surface area contributed by atoms with Crippen molar-refractivity contribution in [2.45, 2.75) is 0 Å². The van der Waals surface area contributed by atoms with Gasteiger partial charge in [-0.2, -0.15) is 0 Å². The van der Waals surface area contributed by atoms with Crippen LogP contribution in [0.1, 0.15) is 0 Å². The smallest absolute Gasteiger partial charge is 0.159 e. The first-order chi connectivity index (χ1) is 23.8. The number of hydrogen-bond donors (Lipinski definition) is 0. The lowest BCUT2D eigenvalue weighted by Gasteiger charge is -2.32. The highest BCUT2D eigenvalue weighted by atomic mass is 16.5. The Hall–Kier alpha value is -6.38. The van der Waals surface area contributed by atoms with Crippen LogP contribution < -0.4 is 9.64 Å². The van der Waals surface area contributed by atoms with Crippen LogP contribution in [-0.2, 0) is 0 Å². The zero-order valence-electron chi connectivity index (χ0n) is 26.3. The average Bonchev–Trinajstić information content (AvgIpc) is 3.17. The van der Waals surface area contributed by atoms with Gasteiger partial charge in [-0.15, -0.1) is 0 Å². The van der Waals surface area contributed by atoms with Gasteiger partial charge in [-0.3, -0.25) is 0 Å². The number of hydrogen-bond acceptors (Lipinski definition) is 2. The molecule has 0 saturated heterocycles. The van der Waals surface area contributed by atoms with Crippen LogP contribution >= 0.6 is 0 Å². The topological polar surface area (TPSA) is 12.5 Å². The van der Waals surface area contributed by atoms with E-state index in [0.717, 1.165) is 50.6 Å². The molecule has 48 heavy (non-hydrogen) atoms. The van der Waals surface area contributed by atoms with Gasteiger partial charge in [-0.25, -0.2) is 0 Å². The summed E-state index contributed by atoms with van der Waals surface area (Å²) in [6.45, 7) is 0. The molecule has 2 nitrogen and oxygen atoms in total. The summed E-state index contributed by atoms with van der Waals surface area (Å²) in [5.41, 5.74) is 12.4. The minimum Gasteiger partial charge on any atom is -0.454 e. The number of anilines is 3. The molecule has 0 fully saturated rings. The molecule has 0 aliphatic carbocycles. The van der Waals surface area contributed by atoms with Crippen molar-refractivity contribution in [3.05, 3.63) is 188 Å². The molecule has 226 valence electrons. The number of fused-ring (bicyclic) bond motifs is 2. The van der Waals surface area contributed by atoms with Crippen molar-refractivity contribution in [2.75, 3.05) is 4.90 Å². The van der Waals surface area contributed by atoms with Gasteiger partial charge in [0.05, 0.1) is 5.69 Å². The first-order valence-electron chi connectivity index (χ1n) is 16.4. The van der Waals surface area contributed by atoms with Crippen LogP contribution in [0, 0.1) is 0 Å². The summed E-state index contributed by atoms with van der Waals surface area (Å²) < 4.78 is 7.01. The van der Waals surface area contributed by atoms with Crippen LogP contribution in [0.3, 0.4) is 0 Å². The normalized spacial score (nSPS) is 11.5. The number of benzene rings is 8. The fourth-order valence-corrected chi connectivity index (χ4v) is 6.98. The van der Waals surface area contributed by atoms with Crippen LogP contribution in [0.2, 0.25) is 0 Å². The van der Waals surface area contributed by atoms with E-state index < -0.39 is 0 Å². The Morgan fingerprint density at radius 1 is 0.354 bits per heavy atom. The molecule has 0 spiro atoms. The molecule has 0 N–H and O–H groups in total. The summed E-state index contributed by atoms with van der Waals surface area (Å²) in [5.74, 6) is 1.72. The Labute approximate surface area is 280 Å². The largest absolute Gasteiger partial charge is 0.454 e. The van der Waals surface area contributed by atoms with Gasteiger partial charge in [0.25, 0.3) is 0 Å². The van der Waals surface area contributed by atoms with E-state index in [-0.39, 0.29) is 0 Å². The van der Waals surface area contributed by atoms with Crippen molar-refractivity contribution >= 4 is 27.8 Å². The summed E-state index contributed by atoms with van der Waals surface area (Å²) in [6.07, 6.45) is 0. The molecule has 1 heterocycles. The lowest BCUT2D eigenvalue weighted by atomic mass is 9.88. The van der Waals surface area contributed by atoms with Gasteiger partial charge in [-0.1, -0.05) is 152 Å².